The maximum atomic E-state index is 13.7. The second-order valence-electron chi connectivity index (χ2n) is 16.8. The highest BCUT2D eigenvalue weighted by molar-refractivity contribution is 5.83. The number of H-pyrrole nitrogens is 1. The van der Waals surface area contributed by atoms with Crippen molar-refractivity contribution in [1.82, 2.24) is 20.2 Å². The van der Waals surface area contributed by atoms with Crippen molar-refractivity contribution in [3.8, 4) is 5.88 Å². The number of hydrogen-bond donors (Lipinski definition) is 2. The number of esters is 2. The van der Waals surface area contributed by atoms with Gasteiger partial charge in [0, 0.05) is 18.8 Å². The monoisotopic (exact) mass is 728 g/mol. The van der Waals surface area contributed by atoms with Gasteiger partial charge in [-0.25, -0.2) is 19.2 Å². The molecule has 14 nitrogen and oxygen atoms in total. The van der Waals surface area contributed by atoms with E-state index in [0.29, 0.717) is 35.2 Å². The minimum Gasteiger partial charge on any atom is -0.473 e. The van der Waals surface area contributed by atoms with E-state index in [1.165, 1.54) is 18.2 Å². The van der Waals surface area contributed by atoms with Gasteiger partial charge in [-0.15, -0.1) is 0 Å². The number of likely N-dealkylation sites (tertiary alicyclic amines) is 1. The molecule has 2 amide bonds. The van der Waals surface area contributed by atoms with Gasteiger partial charge in [-0.2, -0.15) is 0 Å². The predicted molar refractivity (Wildman–Crippen MR) is 193 cm³/mol. The molecule has 0 aromatic carbocycles. The number of nitrogens with zero attached hydrogens (tertiary/aromatic N) is 2. The van der Waals surface area contributed by atoms with Gasteiger partial charge in [-0.1, -0.05) is 33.6 Å². The van der Waals surface area contributed by atoms with Crippen LogP contribution in [0.1, 0.15) is 106 Å². The molecular formula is C38H56N4O10. The van der Waals surface area contributed by atoms with Gasteiger partial charge in [0.1, 0.15) is 35.5 Å². The predicted octanol–water partition coefficient (Wildman–Crippen LogP) is 5.83. The first-order valence-corrected chi connectivity index (χ1v) is 18.1. The van der Waals surface area contributed by atoms with Crippen molar-refractivity contribution < 1.29 is 42.9 Å². The number of carbonyl (C=O) groups is 4. The zero-order chi connectivity index (χ0) is 38.6. The van der Waals surface area contributed by atoms with Gasteiger partial charge in [0.05, 0.1) is 30.1 Å². The van der Waals surface area contributed by atoms with Gasteiger partial charge in [-0.05, 0) is 84.6 Å². The van der Waals surface area contributed by atoms with Crippen LogP contribution in [0.25, 0.3) is 10.9 Å². The zero-order valence-corrected chi connectivity index (χ0v) is 32.3. The molecule has 0 radical (unpaired) electrons. The molecule has 0 unspecified atom stereocenters. The Kier molecular flexibility index (Phi) is 12.5. The second kappa shape index (κ2) is 16.1. The normalized spacial score (nSPS) is 20.9. The molecule has 1 aliphatic carbocycles. The van der Waals surface area contributed by atoms with Crippen molar-refractivity contribution in [2.75, 3.05) is 13.7 Å². The molecule has 1 aliphatic heterocycles. The van der Waals surface area contributed by atoms with E-state index in [2.05, 4.69) is 15.3 Å². The Labute approximate surface area is 305 Å². The van der Waals surface area contributed by atoms with E-state index in [0.717, 1.165) is 25.7 Å². The van der Waals surface area contributed by atoms with Gasteiger partial charge in [0.2, 0.25) is 0 Å². The fourth-order valence-electron chi connectivity index (χ4n) is 6.24. The lowest BCUT2D eigenvalue weighted by atomic mass is 9.86. The van der Waals surface area contributed by atoms with Gasteiger partial charge in [-0.3, -0.25) is 14.7 Å². The van der Waals surface area contributed by atoms with Crippen molar-refractivity contribution in [3.63, 3.8) is 0 Å². The fraction of sp³-hybridized carbons (Fsp3) is 0.684. The summed E-state index contributed by atoms with van der Waals surface area (Å²) in [6.45, 7) is 16.2. The van der Waals surface area contributed by atoms with Crippen LogP contribution in [0.2, 0.25) is 0 Å². The number of pyridine rings is 2. The lowest BCUT2D eigenvalue weighted by Crippen LogP contribution is -2.51. The number of fused-ring (bicyclic) bond motifs is 1. The van der Waals surface area contributed by atoms with Gasteiger partial charge in [0.25, 0.3) is 0 Å². The summed E-state index contributed by atoms with van der Waals surface area (Å²) in [6.07, 6.45) is 5.61. The van der Waals surface area contributed by atoms with Crippen LogP contribution < -0.4 is 15.5 Å². The van der Waals surface area contributed by atoms with Crippen LogP contribution in [0.15, 0.2) is 23.3 Å². The molecule has 1 saturated heterocycles. The summed E-state index contributed by atoms with van der Waals surface area (Å²) in [5.74, 6) is -0.553. The topological polar surface area (TPSA) is 175 Å². The summed E-state index contributed by atoms with van der Waals surface area (Å²) < 4.78 is 28.0. The molecule has 14 heteroatoms. The molecule has 0 bridgehead atoms. The third kappa shape index (κ3) is 11.1. The quantitative estimate of drug-likeness (QED) is 0.153. The average molecular weight is 729 g/mol. The minimum absolute atomic E-state index is 0.0745. The number of alkyl carbamates (subject to hydrolysis) is 1. The maximum absolute atomic E-state index is 13.7. The molecule has 1 saturated carbocycles. The largest absolute Gasteiger partial charge is 0.473 e. The Bertz CT molecular complexity index is 1670. The molecule has 2 N–H and O–H groups in total. The third-order valence-electron chi connectivity index (χ3n) is 8.90. The van der Waals surface area contributed by atoms with Gasteiger partial charge >= 0.3 is 24.1 Å². The first-order valence-electron chi connectivity index (χ1n) is 18.1. The zero-order valence-electron chi connectivity index (χ0n) is 32.3. The number of aromatic amines is 1. The Morgan fingerprint density at radius 3 is 2.31 bits per heavy atom. The molecule has 2 fully saturated rings. The van der Waals surface area contributed by atoms with Crippen molar-refractivity contribution >= 4 is 35.0 Å². The van der Waals surface area contributed by atoms with Crippen molar-refractivity contribution in [1.29, 1.82) is 0 Å². The van der Waals surface area contributed by atoms with Gasteiger partial charge in [0.15, 0.2) is 11.3 Å². The van der Waals surface area contributed by atoms with Crippen LogP contribution in [-0.2, 0) is 35.0 Å². The lowest BCUT2D eigenvalue weighted by Gasteiger charge is -2.32. The van der Waals surface area contributed by atoms with Crippen molar-refractivity contribution in [2.24, 2.45) is 11.3 Å². The van der Waals surface area contributed by atoms with Crippen LogP contribution >= 0.6 is 0 Å². The Hall–Kier alpha value is -4.36. The highest BCUT2D eigenvalue weighted by Crippen LogP contribution is 2.38. The number of hydrogen-bond acceptors (Lipinski definition) is 11. The molecule has 5 atom stereocenters. The molecule has 0 spiro atoms. The SMILES string of the molecule is COC(=O)[C@@H]1C[C@@H](Oc2[nH]c3ccncc3c(=O)c2CCCCC[C@@H]2C[C@H]2OC(=O)N[C@H](C(=O)OC(C)(C)C)C(C)(C)C)CN1C(=O)OC(C)(C)C. The summed E-state index contributed by atoms with van der Waals surface area (Å²) in [5.41, 5.74) is -1.17. The molecule has 2 aliphatic rings. The number of aromatic nitrogens is 2. The standard InChI is InChI=1S/C38H56N4O10/c1-36(2,3)30(33(45)51-37(4,5)6)41-34(46)50-28-18-22(28)14-12-11-13-15-24-29(43)25-20-39-17-16-26(25)40-31(24)49-23-19-27(32(44)48-10)42(21-23)35(47)52-38(7,8)9/h16-17,20,22-23,27-28,30H,11-15,18-19,21H2,1-10H3,(H,40,43)(H,41,46)/t22-,23-,27+,28-,30-/m1/s1. The number of unbranched alkanes of at least 4 members (excludes halogenated alkanes) is 2. The number of nitrogens with one attached hydrogen (secondary N) is 2. The van der Waals surface area contributed by atoms with Crippen molar-refractivity contribution in [2.45, 2.75) is 143 Å². The second-order valence-corrected chi connectivity index (χ2v) is 16.8. The summed E-state index contributed by atoms with van der Waals surface area (Å²) in [6, 6.07) is -0.0522. The minimum atomic E-state index is -0.893. The third-order valence-corrected chi connectivity index (χ3v) is 8.90. The molecule has 2 aromatic rings. The van der Waals surface area contributed by atoms with E-state index < -0.39 is 58.9 Å². The maximum Gasteiger partial charge on any atom is 0.411 e. The summed E-state index contributed by atoms with van der Waals surface area (Å²) in [5, 5.41) is 3.15. The van der Waals surface area contributed by atoms with Gasteiger partial charge < -0.3 is 34.0 Å². The average Bonchev–Trinajstić information content (AvgIpc) is 3.61. The molecule has 4 rings (SSSR count). The number of amides is 2. The van der Waals surface area contributed by atoms with E-state index in [-0.39, 0.29) is 30.4 Å². The number of rotatable bonds is 12. The first-order chi connectivity index (χ1) is 24.2. The Morgan fingerprint density at radius 2 is 1.67 bits per heavy atom. The van der Waals surface area contributed by atoms with E-state index in [4.69, 9.17) is 23.7 Å². The fourth-order valence-corrected chi connectivity index (χ4v) is 6.24. The van der Waals surface area contributed by atoms with Crippen LogP contribution in [0.4, 0.5) is 9.59 Å². The van der Waals surface area contributed by atoms with Crippen LogP contribution in [0, 0.1) is 11.3 Å². The summed E-state index contributed by atoms with van der Waals surface area (Å²) >= 11 is 0. The molecule has 288 valence electrons. The van der Waals surface area contributed by atoms with Crippen LogP contribution in [0.5, 0.6) is 5.88 Å². The Balaban J connectivity index is 1.33. The summed E-state index contributed by atoms with van der Waals surface area (Å²) in [7, 11) is 1.27. The van der Waals surface area contributed by atoms with E-state index >= 15 is 0 Å². The smallest absolute Gasteiger partial charge is 0.411 e. The van der Waals surface area contributed by atoms with E-state index in [1.807, 2.05) is 20.8 Å². The molecule has 52 heavy (non-hydrogen) atoms. The number of methoxy groups -OCH3 is 1. The number of carbonyl (C=O) groups excluding carboxylic acids is 4. The van der Waals surface area contributed by atoms with Crippen LogP contribution in [-0.4, -0.2) is 88.1 Å². The molecule has 3 heterocycles. The highest BCUT2D eigenvalue weighted by atomic mass is 16.6. The lowest BCUT2D eigenvalue weighted by molar-refractivity contribution is -0.160. The first kappa shape index (κ1) is 40.4. The van der Waals surface area contributed by atoms with Crippen LogP contribution in [0.3, 0.4) is 0 Å². The van der Waals surface area contributed by atoms with Crippen molar-refractivity contribution in [3.05, 3.63) is 34.2 Å². The summed E-state index contributed by atoms with van der Waals surface area (Å²) in [4.78, 5) is 73.4. The van der Waals surface area contributed by atoms with E-state index in [9.17, 15) is 24.0 Å². The number of ether oxygens (including phenoxy) is 5. The highest BCUT2D eigenvalue weighted by Gasteiger charge is 2.44. The van der Waals surface area contributed by atoms with E-state index in [1.54, 1.807) is 53.8 Å². The molecule has 2 aromatic heterocycles. The Morgan fingerprint density at radius 1 is 0.981 bits per heavy atom. The molecular weight excluding hydrogens is 672 g/mol.